The van der Waals surface area contributed by atoms with E-state index in [9.17, 15) is 8.78 Å². The molecule has 4 nitrogen and oxygen atoms in total. The third kappa shape index (κ3) is 5.64. The van der Waals surface area contributed by atoms with Gasteiger partial charge in [-0.25, -0.2) is 8.78 Å². The van der Waals surface area contributed by atoms with Crippen molar-refractivity contribution in [3.05, 3.63) is 52.5 Å². The summed E-state index contributed by atoms with van der Waals surface area (Å²) < 4.78 is 42.0. The highest BCUT2D eigenvalue weighted by Crippen LogP contribution is 2.41. The molecule has 174 valence electrons. The Balaban J connectivity index is 1.66. The van der Waals surface area contributed by atoms with Gasteiger partial charge in [-0.1, -0.05) is 22.0 Å². The molecule has 0 aliphatic carbocycles. The van der Waals surface area contributed by atoms with Crippen LogP contribution in [0.3, 0.4) is 0 Å². The summed E-state index contributed by atoms with van der Waals surface area (Å²) >= 11 is 3.28. The van der Waals surface area contributed by atoms with Crippen molar-refractivity contribution in [2.24, 2.45) is 0 Å². The van der Waals surface area contributed by atoms with Crippen molar-refractivity contribution < 1.29 is 18.1 Å². The standard InChI is InChI=1S/C24H32BBrF2N2O2/c1-15(2)29-21-9-7-17(13-19(21)27)25-31-23(4,5)24(6,32-25)12-11-16(3)30-22-10-8-18(26)14-20(22)28/h7-10,13-16,29-30H,11-12H2,1-6H3. The fourth-order valence-corrected chi connectivity index (χ4v) is 4.17. The quantitative estimate of drug-likeness (QED) is 0.422. The molecule has 1 aliphatic rings. The zero-order chi connectivity index (χ0) is 23.7. The van der Waals surface area contributed by atoms with Crippen LogP contribution in [0.15, 0.2) is 40.9 Å². The highest BCUT2D eigenvalue weighted by Gasteiger charge is 2.54. The average Bonchev–Trinajstić information content (AvgIpc) is 2.93. The summed E-state index contributed by atoms with van der Waals surface area (Å²) in [5.41, 5.74) is 0.417. The number of anilines is 2. The second-order valence-corrected chi connectivity index (χ2v) is 10.5. The van der Waals surface area contributed by atoms with Crippen molar-refractivity contribution in [1.82, 2.24) is 0 Å². The van der Waals surface area contributed by atoms with E-state index in [0.29, 0.717) is 27.7 Å². The van der Waals surface area contributed by atoms with E-state index < -0.39 is 18.3 Å². The third-order valence-electron chi connectivity index (χ3n) is 6.14. The normalized spacial score (nSPS) is 21.1. The van der Waals surface area contributed by atoms with Gasteiger partial charge < -0.3 is 19.9 Å². The molecule has 0 amide bonds. The van der Waals surface area contributed by atoms with Gasteiger partial charge in [-0.15, -0.1) is 0 Å². The van der Waals surface area contributed by atoms with Gasteiger partial charge in [0.2, 0.25) is 0 Å². The van der Waals surface area contributed by atoms with Crippen LogP contribution in [0.4, 0.5) is 20.2 Å². The molecule has 1 aliphatic heterocycles. The Hall–Kier alpha value is -1.64. The van der Waals surface area contributed by atoms with Gasteiger partial charge in [0.15, 0.2) is 0 Å². The lowest BCUT2D eigenvalue weighted by Gasteiger charge is -2.37. The second kappa shape index (κ2) is 9.70. The van der Waals surface area contributed by atoms with E-state index in [0.717, 1.165) is 6.42 Å². The van der Waals surface area contributed by atoms with E-state index in [1.807, 2.05) is 53.7 Å². The van der Waals surface area contributed by atoms with Crippen LogP contribution >= 0.6 is 15.9 Å². The molecule has 8 heteroatoms. The van der Waals surface area contributed by atoms with E-state index in [-0.39, 0.29) is 23.7 Å². The first kappa shape index (κ1) is 25.0. The Kier molecular flexibility index (Phi) is 7.57. The zero-order valence-electron chi connectivity index (χ0n) is 19.6. The molecule has 0 spiro atoms. The van der Waals surface area contributed by atoms with Crippen LogP contribution < -0.4 is 16.1 Å². The number of rotatable bonds is 8. The molecule has 2 N–H and O–H groups in total. The summed E-state index contributed by atoms with van der Waals surface area (Å²) in [6, 6.07) is 10.2. The zero-order valence-corrected chi connectivity index (χ0v) is 21.1. The van der Waals surface area contributed by atoms with Gasteiger partial charge in [0.25, 0.3) is 0 Å². The summed E-state index contributed by atoms with van der Waals surface area (Å²) in [6.45, 7) is 11.9. The Bertz CT molecular complexity index is 960. The third-order valence-corrected chi connectivity index (χ3v) is 6.63. The summed E-state index contributed by atoms with van der Waals surface area (Å²) in [4.78, 5) is 0. The van der Waals surface area contributed by atoms with Gasteiger partial charge >= 0.3 is 7.12 Å². The number of hydrogen-bond donors (Lipinski definition) is 2. The van der Waals surface area contributed by atoms with Crippen LogP contribution in [0.25, 0.3) is 0 Å². The first-order valence-electron chi connectivity index (χ1n) is 11.0. The Morgan fingerprint density at radius 1 is 0.938 bits per heavy atom. The summed E-state index contributed by atoms with van der Waals surface area (Å²) in [5.74, 6) is -0.625. The maximum absolute atomic E-state index is 14.6. The molecule has 1 fully saturated rings. The van der Waals surface area contributed by atoms with Gasteiger partial charge in [-0.05, 0) is 90.2 Å². The number of benzene rings is 2. The minimum absolute atomic E-state index is 0.0276. The highest BCUT2D eigenvalue weighted by molar-refractivity contribution is 9.10. The monoisotopic (exact) mass is 508 g/mol. The van der Waals surface area contributed by atoms with E-state index in [1.165, 1.54) is 12.1 Å². The van der Waals surface area contributed by atoms with Gasteiger partial charge in [-0.3, -0.25) is 0 Å². The molecule has 0 aromatic heterocycles. The molecule has 1 saturated heterocycles. The average molecular weight is 509 g/mol. The van der Waals surface area contributed by atoms with E-state index >= 15 is 0 Å². The van der Waals surface area contributed by atoms with Gasteiger partial charge in [0.1, 0.15) is 11.6 Å². The molecule has 2 atom stereocenters. The molecule has 2 aromatic carbocycles. The Morgan fingerprint density at radius 2 is 1.56 bits per heavy atom. The van der Waals surface area contributed by atoms with Crippen LogP contribution in [0.2, 0.25) is 0 Å². The van der Waals surface area contributed by atoms with Crippen LogP contribution in [0.1, 0.15) is 54.4 Å². The molecule has 0 bridgehead atoms. The van der Waals surface area contributed by atoms with E-state index in [1.54, 1.807) is 12.1 Å². The summed E-state index contributed by atoms with van der Waals surface area (Å²) in [7, 11) is -0.648. The SMILES string of the molecule is CC(C)Nc1ccc(B2OC(C)(C)C(C)(CCC(C)Nc3ccc(Br)cc3F)O2)cc1F. The van der Waals surface area contributed by atoms with Crippen molar-refractivity contribution in [3.8, 4) is 0 Å². The fraction of sp³-hybridized carbons (Fsp3) is 0.500. The van der Waals surface area contributed by atoms with Crippen LogP contribution in [0, 0.1) is 11.6 Å². The molecule has 0 radical (unpaired) electrons. The molecular formula is C24H32BBrF2N2O2. The van der Waals surface area contributed by atoms with Gasteiger partial charge in [0, 0.05) is 16.6 Å². The molecular weight excluding hydrogens is 477 g/mol. The van der Waals surface area contributed by atoms with E-state index in [2.05, 4.69) is 26.6 Å². The van der Waals surface area contributed by atoms with E-state index in [4.69, 9.17) is 9.31 Å². The predicted molar refractivity (Wildman–Crippen MR) is 132 cm³/mol. The lowest BCUT2D eigenvalue weighted by molar-refractivity contribution is -0.0173. The highest BCUT2D eigenvalue weighted by atomic mass is 79.9. The predicted octanol–water partition coefficient (Wildman–Crippen LogP) is 6.11. The minimum Gasteiger partial charge on any atom is -0.399 e. The molecule has 0 saturated carbocycles. The lowest BCUT2D eigenvalue weighted by Crippen LogP contribution is -2.45. The van der Waals surface area contributed by atoms with Crippen molar-refractivity contribution in [2.75, 3.05) is 10.6 Å². The van der Waals surface area contributed by atoms with Crippen molar-refractivity contribution >= 4 is 39.9 Å². The lowest BCUT2D eigenvalue weighted by atomic mass is 9.79. The van der Waals surface area contributed by atoms with Crippen LogP contribution in [-0.4, -0.2) is 30.4 Å². The molecule has 1 heterocycles. The number of halogens is 3. The topological polar surface area (TPSA) is 42.5 Å². The maximum atomic E-state index is 14.6. The fourth-order valence-electron chi connectivity index (χ4n) is 3.83. The van der Waals surface area contributed by atoms with Crippen LogP contribution in [-0.2, 0) is 9.31 Å². The molecule has 2 unspecified atom stereocenters. The summed E-state index contributed by atoms with van der Waals surface area (Å²) in [5, 5.41) is 6.32. The molecule has 2 aromatic rings. The van der Waals surface area contributed by atoms with Gasteiger partial charge in [-0.2, -0.15) is 0 Å². The van der Waals surface area contributed by atoms with Gasteiger partial charge in [0.05, 0.1) is 22.6 Å². The molecule has 32 heavy (non-hydrogen) atoms. The summed E-state index contributed by atoms with van der Waals surface area (Å²) in [6.07, 6.45) is 1.44. The Labute approximate surface area is 198 Å². The maximum Gasteiger partial charge on any atom is 0.494 e. The van der Waals surface area contributed by atoms with Crippen molar-refractivity contribution in [3.63, 3.8) is 0 Å². The minimum atomic E-state index is -0.648. The van der Waals surface area contributed by atoms with Crippen LogP contribution in [0.5, 0.6) is 0 Å². The van der Waals surface area contributed by atoms with Crippen molar-refractivity contribution in [2.45, 2.75) is 77.7 Å². The number of nitrogens with one attached hydrogen (secondary N) is 2. The number of hydrogen-bond acceptors (Lipinski definition) is 4. The largest absolute Gasteiger partial charge is 0.494 e. The smallest absolute Gasteiger partial charge is 0.399 e. The Morgan fingerprint density at radius 3 is 2.19 bits per heavy atom. The van der Waals surface area contributed by atoms with Crippen molar-refractivity contribution in [1.29, 1.82) is 0 Å². The second-order valence-electron chi connectivity index (χ2n) is 9.56. The first-order chi connectivity index (χ1) is 14.9. The molecule has 3 rings (SSSR count). The first-order valence-corrected chi connectivity index (χ1v) is 11.8.